The van der Waals surface area contributed by atoms with E-state index < -0.39 is 10.9 Å². The molecule has 0 atom stereocenters. The lowest BCUT2D eigenvalue weighted by molar-refractivity contribution is -0.384. The average molecular weight is 268 g/mol. The molecule has 0 aliphatic heterocycles. The number of methoxy groups -OCH3 is 1. The quantitative estimate of drug-likeness (QED) is 0.599. The van der Waals surface area contributed by atoms with E-state index in [2.05, 4.69) is 0 Å². The molecule has 0 fully saturated rings. The zero-order valence-corrected chi connectivity index (χ0v) is 10.8. The molecular weight excluding hydrogens is 252 g/mol. The van der Waals surface area contributed by atoms with Gasteiger partial charge in [0.25, 0.3) is 5.69 Å². The maximum Gasteiger partial charge on any atom is 0.303 e. The van der Waals surface area contributed by atoms with Gasteiger partial charge < -0.3 is 14.7 Å². The number of benzene rings is 1. The number of ether oxygens (including phenoxy) is 1. The molecule has 0 radical (unpaired) electrons. The first-order valence-corrected chi connectivity index (χ1v) is 5.71. The number of aliphatic carboxylic acids is 1. The summed E-state index contributed by atoms with van der Waals surface area (Å²) in [4.78, 5) is 22.6. The topological polar surface area (TPSA) is 92.9 Å². The molecule has 1 aromatic carbocycles. The number of nitro groups is 1. The molecule has 0 unspecified atom stereocenters. The molecule has 7 heteroatoms. The third kappa shape index (κ3) is 4.13. The lowest BCUT2D eigenvalue weighted by atomic mass is 10.2. The number of hydrogen-bond acceptors (Lipinski definition) is 5. The molecule has 104 valence electrons. The van der Waals surface area contributed by atoms with E-state index in [9.17, 15) is 14.9 Å². The van der Waals surface area contributed by atoms with Crippen LogP contribution in [0.15, 0.2) is 18.2 Å². The van der Waals surface area contributed by atoms with Crippen LogP contribution in [0.2, 0.25) is 0 Å². The van der Waals surface area contributed by atoms with Gasteiger partial charge in [0.05, 0.1) is 18.1 Å². The molecular formula is C12H16N2O5. The Morgan fingerprint density at radius 2 is 2.21 bits per heavy atom. The highest BCUT2D eigenvalue weighted by molar-refractivity contribution is 5.67. The van der Waals surface area contributed by atoms with Crippen LogP contribution in [0.5, 0.6) is 5.75 Å². The van der Waals surface area contributed by atoms with Crippen LogP contribution >= 0.6 is 0 Å². The van der Waals surface area contributed by atoms with Gasteiger partial charge in [0.1, 0.15) is 11.4 Å². The third-order valence-corrected chi connectivity index (χ3v) is 2.67. The number of carboxylic acid groups (broad SMARTS) is 1. The van der Waals surface area contributed by atoms with Crippen molar-refractivity contribution >= 4 is 17.3 Å². The summed E-state index contributed by atoms with van der Waals surface area (Å²) in [6, 6.07) is 4.58. The van der Waals surface area contributed by atoms with Gasteiger partial charge in [0.15, 0.2) is 0 Å². The van der Waals surface area contributed by atoms with Crippen molar-refractivity contribution < 1.29 is 19.6 Å². The van der Waals surface area contributed by atoms with Crippen molar-refractivity contribution in [1.29, 1.82) is 0 Å². The Morgan fingerprint density at radius 3 is 2.74 bits per heavy atom. The van der Waals surface area contributed by atoms with Crippen molar-refractivity contribution in [3.63, 3.8) is 0 Å². The summed E-state index contributed by atoms with van der Waals surface area (Å²) < 4.78 is 4.95. The van der Waals surface area contributed by atoms with Gasteiger partial charge in [-0.1, -0.05) is 0 Å². The fraction of sp³-hybridized carbons (Fsp3) is 0.417. The Bertz CT molecular complexity index is 475. The van der Waals surface area contributed by atoms with Crippen LogP contribution in [0, 0.1) is 10.1 Å². The molecule has 0 saturated carbocycles. The van der Waals surface area contributed by atoms with Crippen molar-refractivity contribution in [2.45, 2.75) is 12.8 Å². The van der Waals surface area contributed by atoms with Gasteiger partial charge in [-0.05, 0) is 18.6 Å². The first-order chi connectivity index (χ1) is 8.95. The normalized spacial score (nSPS) is 10.0. The highest BCUT2D eigenvalue weighted by Crippen LogP contribution is 2.31. The number of hydrogen-bond donors (Lipinski definition) is 1. The SMILES string of the molecule is COc1ccc(N(C)CCCC(=O)O)c([N+](=O)[O-])c1. The van der Waals surface area contributed by atoms with Crippen LogP contribution in [0.4, 0.5) is 11.4 Å². The highest BCUT2D eigenvalue weighted by atomic mass is 16.6. The van der Waals surface area contributed by atoms with E-state index in [-0.39, 0.29) is 12.1 Å². The second-order valence-corrected chi connectivity index (χ2v) is 4.03. The lowest BCUT2D eigenvalue weighted by Gasteiger charge is -2.19. The van der Waals surface area contributed by atoms with Crippen molar-refractivity contribution in [1.82, 2.24) is 0 Å². The van der Waals surface area contributed by atoms with E-state index in [1.54, 1.807) is 24.1 Å². The lowest BCUT2D eigenvalue weighted by Crippen LogP contribution is -2.20. The average Bonchev–Trinajstić information content (AvgIpc) is 2.37. The predicted molar refractivity (Wildman–Crippen MR) is 69.8 cm³/mol. The van der Waals surface area contributed by atoms with E-state index in [0.29, 0.717) is 24.4 Å². The summed E-state index contributed by atoms with van der Waals surface area (Å²) in [6.45, 7) is 0.430. The van der Waals surface area contributed by atoms with E-state index in [0.717, 1.165) is 0 Å². The zero-order chi connectivity index (χ0) is 14.4. The van der Waals surface area contributed by atoms with Crippen LogP contribution < -0.4 is 9.64 Å². The number of carboxylic acids is 1. The molecule has 0 aromatic heterocycles. The van der Waals surface area contributed by atoms with Crippen molar-refractivity contribution in [2.75, 3.05) is 25.6 Å². The van der Waals surface area contributed by atoms with Crippen LogP contribution in [-0.2, 0) is 4.79 Å². The van der Waals surface area contributed by atoms with Crippen molar-refractivity contribution in [3.05, 3.63) is 28.3 Å². The molecule has 0 saturated heterocycles. The zero-order valence-electron chi connectivity index (χ0n) is 10.8. The summed E-state index contributed by atoms with van der Waals surface area (Å²) in [6.07, 6.45) is 0.462. The molecule has 0 spiro atoms. The summed E-state index contributed by atoms with van der Waals surface area (Å²) in [7, 11) is 3.13. The van der Waals surface area contributed by atoms with Gasteiger partial charge in [-0.15, -0.1) is 0 Å². The molecule has 0 aliphatic rings. The summed E-state index contributed by atoms with van der Waals surface area (Å²) >= 11 is 0. The minimum atomic E-state index is -0.877. The number of anilines is 1. The fourth-order valence-electron chi connectivity index (χ4n) is 1.69. The molecule has 0 aliphatic carbocycles. The smallest absolute Gasteiger partial charge is 0.303 e. The minimum absolute atomic E-state index is 0.0360. The van der Waals surface area contributed by atoms with Gasteiger partial charge in [-0.25, -0.2) is 0 Å². The Labute approximate surface area is 110 Å². The van der Waals surface area contributed by atoms with E-state index in [1.165, 1.54) is 13.2 Å². The molecule has 1 aromatic rings. The minimum Gasteiger partial charge on any atom is -0.496 e. The maximum absolute atomic E-state index is 11.0. The third-order valence-electron chi connectivity index (χ3n) is 2.67. The Balaban J connectivity index is 2.86. The molecule has 1 N–H and O–H groups in total. The van der Waals surface area contributed by atoms with Crippen LogP contribution in [0.1, 0.15) is 12.8 Å². The molecule has 1 rings (SSSR count). The first kappa shape index (κ1) is 14.7. The second kappa shape index (κ2) is 6.58. The Kier molecular flexibility index (Phi) is 5.11. The van der Waals surface area contributed by atoms with Gasteiger partial charge in [0, 0.05) is 20.0 Å². The molecule has 19 heavy (non-hydrogen) atoms. The first-order valence-electron chi connectivity index (χ1n) is 5.71. The van der Waals surface area contributed by atoms with Crippen LogP contribution in [0.25, 0.3) is 0 Å². The van der Waals surface area contributed by atoms with Crippen molar-refractivity contribution in [3.8, 4) is 5.75 Å². The highest BCUT2D eigenvalue weighted by Gasteiger charge is 2.18. The monoisotopic (exact) mass is 268 g/mol. The largest absolute Gasteiger partial charge is 0.496 e. The molecule has 0 amide bonds. The summed E-state index contributed by atoms with van der Waals surface area (Å²) in [5.41, 5.74) is 0.383. The summed E-state index contributed by atoms with van der Waals surface area (Å²) in [5.74, 6) is -0.466. The molecule has 0 bridgehead atoms. The Morgan fingerprint density at radius 1 is 1.53 bits per heavy atom. The van der Waals surface area contributed by atoms with E-state index in [1.807, 2.05) is 0 Å². The maximum atomic E-state index is 11.0. The standard InChI is InChI=1S/C12H16N2O5/c1-13(7-3-4-12(15)16)10-6-5-9(19-2)8-11(10)14(17)18/h5-6,8H,3-4,7H2,1-2H3,(H,15,16). The van der Waals surface area contributed by atoms with E-state index in [4.69, 9.17) is 9.84 Å². The number of nitro benzene ring substituents is 1. The van der Waals surface area contributed by atoms with E-state index >= 15 is 0 Å². The van der Waals surface area contributed by atoms with Crippen LogP contribution in [0.3, 0.4) is 0 Å². The fourth-order valence-corrected chi connectivity index (χ4v) is 1.69. The number of nitrogens with zero attached hydrogens (tertiary/aromatic N) is 2. The predicted octanol–water partition coefficient (Wildman–Crippen LogP) is 1.90. The van der Waals surface area contributed by atoms with Gasteiger partial charge >= 0.3 is 5.97 Å². The van der Waals surface area contributed by atoms with Gasteiger partial charge in [0.2, 0.25) is 0 Å². The second-order valence-electron chi connectivity index (χ2n) is 4.03. The summed E-state index contributed by atoms with van der Waals surface area (Å²) in [5, 5.41) is 19.6. The van der Waals surface area contributed by atoms with Gasteiger partial charge in [-0.3, -0.25) is 14.9 Å². The number of carbonyl (C=O) groups is 1. The van der Waals surface area contributed by atoms with Crippen LogP contribution in [-0.4, -0.2) is 36.7 Å². The van der Waals surface area contributed by atoms with Crippen molar-refractivity contribution in [2.24, 2.45) is 0 Å². The number of rotatable bonds is 7. The van der Waals surface area contributed by atoms with Gasteiger partial charge in [-0.2, -0.15) is 0 Å². The molecule has 7 nitrogen and oxygen atoms in total. The molecule has 0 heterocycles. The Hall–Kier alpha value is -2.31.